The average Bonchev–Trinajstić information content (AvgIpc) is 3.42. The molecule has 0 aliphatic carbocycles. The van der Waals surface area contributed by atoms with Crippen LogP contribution in [0.1, 0.15) is 16.1 Å². The van der Waals surface area contributed by atoms with Crippen LogP contribution in [0.2, 0.25) is 0 Å². The minimum atomic E-state index is -0.462. The number of thiophene rings is 1. The molecule has 3 heterocycles. The highest BCUT2D eigenvalue weighted by atomic mass is 32.1. The van der Waals surface area contributed by atoms with Gasteiger partial charge < -0.3 is 9.26 Å². The van der Waals surface area contributed by atoms with E-state index in [9.17, 15) is 4.79 Å². The monoisotopic (exact) mass is 353 g/mol. The van der Waals surface area contributed by atoms with Crippen LogP contribution in [0.4, 0.5) is 0 Å². The Hall–Kier alpha value is -3.33. The number of carbonyl (C=O) groups excluding carboxylic acids is 1. The Kier molecular flexibility index (Phi) is 4.05. The van der Waals surface area contributed by atoms with Crippen molar-refractivity contribution in [3.05, 3.63) is 65.4 Å². The van der Waals surface area contributed by atoms with Gasteiger partial charge in [0.1, 0.15) is 18.6 Å². The summed E-state index contributed by atoms with van der Waals surface area (Å²) in [6, 6.07) is 12.5. The maximum Gasteiger partial charge on any atom is 0.338 e. The lowest BCUT2D eigenvalue weighted by Gasteiger charge is -2.04. The van der Waals surface area contributed by atoms with Crippen LogP contribution in [0.15, 0.2) is 58.7 Å². The van der Waals surface area contributed by atoms with Crippen LogP contribution in [-0.4, -0.2) is 31.3 Å². The molecule has 8 nitrogen and oxygen atoms in total. The van der Waals surface area contributed by atoms with Crippen molar-refractivity contribution < 1.29 is 14.1 Å². The molecule has 0 saturated carbocycles. The summed E-state index contributed by atoms with van der Waals surface area (Å²) in [7, 11) is 0. The number of tetrazole rings is 1. The van der Waals surface area contributed by atoms with E-state index in [0.717, 1.165) is 4.88 Å². The van der Waals surface area contributed by atoms with E-state index in [2.05, 4.69) is 20.7 Å². The van der Waals surface area contributed by atoms with Gasteiger partial charge in [-0.05, 0) is 40.1 Å². The van der Waals surface area contributed by atoms with E-state index in [1.807, 2.05) is 17.5 Å². The summed E-state index contributed by atoms with van der Waals surface area (Å²) in [6.45, 7) is 0.0306. The molecular weight excluding hydrogens is 342 g/mol. The molecule has 0 fully saturated rings. The van der Waals surface area contributed by atoms with E-state index in [-0.39, 0.29) is 6.61 Å². The molecule has 0 unspecified atom stereocenters. The van der Waals surface area contributed by atoms with E-state index in [1.54, 1.807) is 41.7 Å². The molecule has 4 aromatic rings. The summed E-state index contributed by atoms with van der Waals surface area (Å²) in [6.07, 6.45) is 1.45. The van der Waals surface area contributed by atoms with Crippen molar-refractivity contribution in [2.24, 2.45) is 0 Å². The van der Waals surface area contributed by atoms with Crippen molar-refractivity contribution in [3.63, 3.8) is 0 Å². The van der Waals surface area contributed by atoms with Gasteiger partial charge in [-0.3, -0.25) is 0 Å². The Morgan fingerprint density at radius 2 is 2.20 bits per heavy atom. The Morgan fingerprint density at radius 1 is 1.24 bits per heavy atom. The molecule has 0 atom stereocenters. The molecule has 124 valence electrons. The lowest BCUT2D eigenvalue weighted by molar-refractivity contribution is 0.0464. The molecule has 9 heteroatoms. The third kappa shape index (κ3) is 3.31. The zero-order chi connectivity index (χ0) is 17.1. The fourth-order valence-corrected chi connectivity index (χ4v) is 2.87. The number of carbonyl (C=O) groups is 1. The molecule has 25 heavy (non-hydrogen) atoms. The van der Waals surface area contributed by atoms with Crippen molar-refractivity contribution in [2.75, 3.05) is 0 Å². The molecule has 0 N–H and O–H groups in total. The average molecular weight is 353 g/mol. The van der Waals surface area contributed by atoms with Crippen molar-refractivity contribution in [3.8, 4) is 16.3 Å². The van der Waals surface area contributed by atoms with Gasteiger partial charge in [-0.2, -0.15) is 0 Å². The molecule has 4 rings (SSSR count). The van der Waals surface area contributed by atoms with Gasteiger partial charge in [0.15, 0.2) is 5.76 Å². The van der Waals surface area contributed by atoms with Crippen molar-refractivity contribution >= 4 is 17.3 Å². The highest BCUT2D eigenvalue weighted by molar-refractivity contribution is 7.13. The van der Waals surface area contributed by atoms with Gasteiger partial charge in [0, 0.05) is 6.07 Å². The van der Waals surface area contributed by atoms with E-state index >= 15 is 0 Å². The Bertz CT molecular complexity index is 979. The number of esters is 1. The van der Waals surface area contributed by atoms with Crippen LogP contribution in [0.3, 0.4) is 0 Å². The number of benzene rings is 1. The first kappa shape index (κ1) is 15.2. The van der Waals surface area contributed by atoms with E-state index in [1.165, 1.54) is 11.0 Å². The second-order valence-electron chi connectivity index (χ2n) is 5.04. The van der Waals surface area contributed by atoms with Crippen molar-refractivity contribution in [1.29, 1.82) is 0 Å². The van der Waals surface area contributed by atoms with Crippen molar-refractivity contribution in [2.45, 2.75) is 6.61 Å². The summed E-state index contributed by atoms with van der Waals surface area (Å²) < 4.78 is 12.0. The molecule has 0 aliphatic rings. The van der Waals surface area contributed by atoms with Gasteiger partial charge in [-0.1, -0.05) is 17.3 Å². The smallest absolute Gasteiger partial charge is 0.338 e. The lowest BCUT2D eigenvalue weighted by atomic mass is 10.2. The zero-order valence-corrected chi connectivity index (χ0v) is 13.6. The summed E-state index contributed by atoms with van der Waals surface area (Å²) in [5.74, 6) is 0.192. The predicted octanol–water partition coefficient (Wildman–Crippen LogP) is 2.74. The minimum Gasteiger partial charge on any atom is -0.455 e. The highest BCUT2D eigenvalue weighted by Crippen LogP contribution is 2.25. The predicted molar refractivity (Wildman–Crippen MR) is 88.1 cm³/mol. The highest BCUT2D eigenvalue weighted by Gasteiger charge is 2.12. The standard InChI is InChI=1S/C16H11N5O3S/c22-16(11-3-1-4-13(7-11)21-10-17-19-20-21)23-9-12-8-14(24-18-12)15-5-2-6-25-15/h1-8,10H,9H2. The number of nitrogens with zero attached hydrogens (tertiary/aromatic N) is 5. The van der Waals surface area contributed by atoms with Crippen LogP contribution in [0, 0.1) is 0 Å². The van der Waals surface area contributed by atoms with Gasteiger partial charge >= 0.3 is 5.97 Å². The molecule has 0 radical (unpaired) electrons. The van der Waals surface area contributed by atoms with E-state index in [4.69, 9.17) is 9.26 Å². The largest absolute Gasteiger partial charge is 0.455 e. The second kappa shape index (κ2) is 6.65. The Balaban J connectivity index is 1.43. The van der Waals surface area contributed by atoms with Crippen LogP contribution >= 0.6 is 11.3 Å². The first-order valence-electron chi connectivity index (χ1n) is 7.29. The quantitative estimate of drug-likeness (QED) is 0.509. The number of hydrogen-bond acceptors (Lipinski definition) is 8. The topological polar surface area (TPSA) is 95.9 Å². The summed E-state index contributed by atoms with van der Waals surface area (Å²) in [4.78, 5) is 13.2. The second-order valence-corrected chi connectivity index (χ2v) is 5.99. The first-order chi connectivity index (χ1) is 12.3. The molecule has 0 amide bonds. The third-order valence-electron chi connectivity index (χ3n) is 3.37. The van der Waals surface area contributed by atoms with Gasteiger partial charge in [0.2, 0.25) is 0 Å². The summed E-state index contributed by atoms with van der Waals surface area (Å²) in [5.41, 5.74) is 1.62. The van der Waals surface area contributed by atoms with E-state index in [0.29, 0.717) is 22.7 Å². The lowest BCUT2D eigenvalue weighted by Crippen LogP contribution is -2.06. The molecule has 3 aromatic heterocycles. The summed E-state index contributed by atoms with van der Waals surface area (Å²) >= 11 is 1.55. The van der Waals surface area contributed by atoms with Gasteiger partial charge in [-0.15, -0.1) is 16.4 Å². The molecule has 0 bridgehead atoms. The first-order valence-corrected chi connectivity index (χ1v) is 8.17. The molecule has 1 aromatic carbocycles. The number of ether oxygens (including phenoxy) is 1. The molecule has 0 saturated heterocycles. The van der Waals surface area contributed by atoms with Crippen LogP contribution in [0.5, 0.6) is 0 Å². The van der Waals surface area contributed by atoms with Gasteiger partial charge in [0.25, 0.3) is 0 Å². The SMILES string of the molecule is O=C(OCc1cc(-c2cccs2)on1)c1cccc(-n2cnnn2)c1. The van der Waals surface area contributed by atoms with Crippen LogP contribution in [0.25, 0.3) is 16.3 Å². The van der Waals surface area contributed by atoms with Gasteiger partial charge in [-0.25, -0.2) is 9.48 Å². The normalized spacial score (nSPS) is 10.7. The van der Waals surface area contributed by atoms with Crippen molar-refractivity contribution in [1.82, 2.24) is 25.4 Å². The minimum absolute atomic E-state index is 0.0306. The summed E-state index contributed by atoms with van der Waals surface area (Å²) in [5, 5.41) is 16.8. The molecular formula is C16H11N5O3S. The number of rotatable bonds is 5. The fraction of sp³-hybridized carbons (Fsp3) is 0.0625. The Morgan fingerprint density at radius 3 is 3.00 bits per heavy atom. The van der Waals surface area contributed by atoms with Crippen LogP contribution in [-0.2, 0) is 11.3 Å². The molecule has 0 aliphatic heterocycles. The maximum atomic E-state index is 12.2. The molecule has 0 spiro atoms. The van der Waals surface area contributed by atoms with E-state index < -0.39 is 5.97 Å². The third-order valence-corrected chi connectivity index (χ3v) is 4.25. The van der Waals surface area contributed by atoms with Gasteiger partial charge in [0.05, 0.1) is 16.1 Å². The fourth-order valence-electron chi connectivity index (χ4n) is 2.19. The number of hydrogen-bond donors (Lipinski definition) is 0. The van der Waals surface area contributed by atoms with Crippen LogP contribution < -0.4 is 0 Å². The maximum absolute atomic E-state index is 12.2. The number of aromatic nitrogens is 5. The Labute approximate surface area is 145 Å². The zero-order valence-electron chi connectivity index (χ0n) is 12.8.